The second kappa shape index (κ2) is 9.12. The van der Waals surface area contributed by atoms with E-state index in [4.69, 9.17) is 4.74 Å². The van der Waals surface area contributed by atoms with Crippen LogP contribution in [-0.4, -0.2) is 60.8 Å². The third kappa shape index (κ3) is 5.73. The van der Waals surface area contributed by atoms with Crippen LogP contribution in [-0.2, 0) is 4.79 Å². The van der Waals surface area contributed by atoms with Gasteiger partial charge in [0.1, 0.15) is 12.4 Å². The molecule has 0 aliphatic carbocycles. The number of hydrogen-bond donors (Lipinski definition) is 3. The van der Waals surface area contributed by atoms with Gasteiger partial charge in [-0.2, -0.15) is 0 Å². The molecule has 3 N–H and O–H groups in total. The van der Waals surface area contributed by atoms with Gasteiger partial charge in [-0.3, -0.25) is 4.79 Å². The molecule has 1 aromatic carbocycles. The summed E-state index contributed by atoms with van der Waals surface area (Å²) in [6, 6.07) is 7.28. The zero-order valence-electron chi connectivity index (χ0n) is 14.3. The summed E-state index contributed by atoms with van der Waals surface area (Å²) in [5.74, 6) is 1.39. The number of β-amino-alcohol motifs (C(OH)–C–C–N with tert-alkyl or cyclic N) is 1. The van der Waals surface area contributed by atoms with Crippen LogP contribution in [0.5, 0.6) is 5.75 Å². The first kappa shape index (κ1) is 18.1. The molecular weight excluding hydrogens is 308 g/mol. The highest BCUT2D eigenvalue weighted by molar-refractivity contribution is 5.88. The van der Waals surface area contributed by atoms with E-state index in [1.165, 1.54) is 6.92 Å². The number of anilines is 1. The molecule has 1 aliphatic rings. The van der Waals surface area contributed by atoms with Gasteiger partial charge in [0, 0.05) is 38.3 Å². The number of likely N-dealkylation sites (tertiary alicyclic amines) is 1. The first-order valence-electron chi connectivity index (χ1n) is 8.30. The van der Waals surface area contributed by atoms with E-state index in [0.29, 0.717) is 31.1 Å². The normalized spacial score (nSPS) is 17.7. The summed E-state index contributed by atoms with van der Waals surface area (Å²) in [5.41, 5.74) is 0.711. The lowest BCUT2D eigenvalue weighted by atomic mass is 10.3. The van der Waals surface area contributed by atoms with Crippen LogP contribution in [0.1, 0.15) is 20.3 Å². The number of rotatable bonds is 6. The maximum Gasteiger partial charge on any atom is 0.221 e. The Morgan fingerprint density at radius 3 is 3.00 bits per heavy atom. The smallest absolute Gasteiger partial charge is 0.221 e. The molecule has 2 rings (SSSR count). The number of aliphatic hydroxyl groups is 1. The number of nitrogens with one attached hydrogen (secondary N) is 2. The van der Waals surface area contributed by atoms with E-state index in [2.05, 4.69) is 20.5 Å². The summed E-state index contributed by atoms with van der Waals surface area (Å²) >= 11 is 0. The molecule has 7 nitrogen and oxygen atoms in total. The average molecular weight is 334 g/mol. The largest absolute Gasteiger partial charge is 0.492 e. The zero-order valence-corrected chi connectivity index (χ0v) is 14.3. The second-order valence-electron chi connectivity index (χ2n) is 5.68. The van der Waals surface area contributed by atoms with Crippen LogP contribution in [0.2, 0.25) is 0 Å². The minimum atomic E-state index is -0.276. The van der Waals surface area contributed by atoms with Gasteiger partial charge < -0.3 is 25.4 Å². The molecule has 1 saturated heterocycles. The van der Waals surface area contributed by atoms with E-state index >= 15 is 0 Å². The fourth-order valence-electron chi connectivity index (χ4n) is 2.54. The number of ether oxygens (including phenoxy) is 1. The molecule has 1 aliphatic heterocycles. The van der Waals surface area contributed by atoms with Crippen molar-refractivity contribution in [1.29, 1.82) is 0 Å². The molecule has 132 valence electrons. The van der Waals surface area contributed by atoms with Crippen LogP contribution in [0.25, 0.3) is 0 Å². The van der Waals surface area contributed by atoms with Gasteiger partial charge in [-0.05, 0) is 25.5 Å². The number of nitrogens with zero attached hydrogens (tertiary/aromatic N) is 2. The zero-order chi connectivity index (χ0) is 17.4. The number of guanidine groups is 1. The van der Waals surface area contributed by atoms with Crippen LogP contribution in [0.3, 0.4) is 0 Å². The molecule has 1 aromatic rings. The summed E-state index contributed by atoms with van der Waals surface area (Å²) in [6.45, 7) is 6.66. The fraction of sp³-hybridized carbons (Fsp3) is 0.529. The maximum absolute atomic E-state index is 11.1. The van der Waals surface area contributed by atoms with Gasteiger partial charge in [0.25, 0.3) is 0 Å². The predicted octanol–water partition coefficient (Wildman–Crippen LogP) is 1.06. The summed E-state index contributed by atoms with van der Waals surface area (Å²) in [7, 11) is 0. The molecule has 1 atom stereocenters. The number of benzene rings is 1. The molecule has 24 heavy (non-hydrogen) atoms. The third-order valence-corrected chi connectivity index (χ3v) is 3.57. The summed E-state index contributed by atoms with van der Waals surface area (Å²) in [5, 5.41) is 15.6. The Kier molecular flexibility index (Phi) is 6.87. The van der Waals surface area contributed by atoms with Crippen molar-refractivity contribution in [3.63, 3.8) is 0 Å². The number of carbonyl (C=O) groups excluding carboxylic acids is 1. The van der Waals surface area contributed by atoms with E-state index < -0.39 is 0 Å². The monoisotopic (exact) mass is 334 g/mol. The van der Waals surface area contributed by atoms with Crippen LogP contribution >= 0.6 is 0 Å². The van der Waals surface area contributed by atoms with E-state index in [0.717, 1.165) is 25.5 Å². The Labute approximate surface area is 142 Å². The highest BCUT2D eigenvalue weighted by Gasteiger charge is 2.22. The highest BCUT2D eigenvalue weighted by Crippen LogP contribution is 2.17. The summed E-state index contributed by atoms with van der Waals surface area (Å²) in [6.07, 6.45) is 0.498. The molecule has 0 aromatic heterocycles. The molecule has 1 amide bonds. The molecule has 1 heterocycles. The number of hydrogen-bond acceptors (Lipinski definition) is 4. The number of aliphatic hydroxyl groups excluding tert-OH is 1. The Morgan fingerprint density at radius 1 is 1.50 bits per heavy atom. The van der Waals surface area contributed by atoms with Gasteiger partial charge in [-0.1, -0.05) is 6.07 Å². The lowest BCUT2D eigenvalue weighted by Crippen LogP contribution is -2.40. The second-order valence-corrected chi connectivity index (χ2v) is 5.68. The minimum Gasteiger partial charge on any atom is -0.492 e. The Hall–Kier alpha value is -2.28. The Bertz CT molecular complexity index is 577. The van der Waals surface area contributed by atoms with E-state index in [1.54, 1.807) is 6.07 Å². The number of carbonyl (C=O) groups is 1. The molecule has 7 heteroatoms. The van der Waals surface area contributed by atoms with Crippen LogP contribution in [0.15, 0.2) is 29.3 Å². The predicted molar refractivity (Wildman–Crippen MR) is 94.4 cm³/mol. The number of aliphatic imine (C=N–C) groups is 1. The van der Waals surface area contributed by atoms with Crippen molar-refractivity contribution < 1.29 is 14.6 Å². The maximum atomic E-state index is 11.1. The molecule has 0 saturated carbocycles. The topological polar surface area (TPSA) is 86.2 Å². The Balaban J connectivity index is 1.84. The molecule has 0 bridgehead atoms. The quantitative estimate of drug-likeness (QED) is 0.411. The van der Waals surface area contributed by atoms with Gasteiger partial charge >= 0.3 is 0 Å². The van der Waals surface area contributed by atoms with Crippen molar-refractivity contribution >= 4 is 17.6 Å². The molecule has 1 fully saturated rings. The SMILES string of the molecule is CCNC(=NCCOc1cccc(NC(C)=O)c1)N1CC[C@@H](O)C1. The van der Waals surface area contributed by atoms with Gasteiger partial charge in [-0.25, -0.2) is 4.99 Å². The first-order valence-corrected chi connectivity index (χ1v) is 8.30. The van der Waals surface area contributed by atoms with E-state index in [1.807, 2.05) is 25.1 Å². The molecular formula is C17H26N4O3. The van der Waals surface area contributed by atoms with Gasteiger partial charge in [0.05, 0.1) is 12.6 Å². The van der Waals surface area contributed by atoms with E-state index in [-0.39, 0.29) is 12.0 Å². The molecule has 0 spiro atoms. The average Bonchev–Trinajstić information content (AvgIpc) is 2.96. The number of amides is 1. The lowest BCUT2D eigenvalue weighted by molar-refractivity contribution is -0.114. The van der Waals surface area contributed by atoms with Crippen molar-refractivity contribution in [3.8, 4) is 5.75 Å². The minimum absolute atomic E-state index is 0.111. The van der Waals surface area contributed by atoms with Crippen LogP contribution in [0.4, 0.5) is 5.69 Å². The summed E-state index contributed by atoms with van der Waals surface area (Å²) in [4.78, 5) is 17.7. The van der Waals surface area contributed by atoms with Gasteiger partial charge in [-0.15, -0.1) is 0 Å². The Morgan fingerprint density at radius 2 is 2.33 bits per heavy atom. The van der Waals surface area contributed by atoms with Crippen LogP contribution in [0, 0.1) is 0 Å². The van der Waals surface area contributed by atoms with Crippen molar-refractivity contribution in [2.75, 3.05) is 38.1 Å². The van der Waals surface area contributed by atoms with E-state index in [9.17, 15) is 9.90 Å². The fourth-order valence-corrected chi connectivity index (χ4v) is 2.54. The molecule has 0 radical (unpaired) electrons. The van der Waals surface area contributed by atoms with Crippen molar-refractivity contribution in [1.82, 2.24) is 10.2 Å². The summed E-state index contributed by atoms with van der Waals surface area (Å²) < 4.78 is 5.69. The molecule has 0 unspecified atom stereocenters. The standard InChI is InChI=1S/C17H26N4O3/c1-3-18-17(21-9-7-15(23)12-21)19-8-10-24-16-6-4-5-14(11-16)20-13(2)22/h4-6,11,15,23H,3,7-10,12H2,1-2H3,(H,18,19)(H,20,22)/t15-/m1/s1. The van der Waals surface area contributed by atoms with Crippen molar-refractivity contribution in [3.05, 3.63) is 24.3 Å². The van der Waals surface area contributed by atoms with Gasteiger partial charge in [0.2, 0.25) is 5.91 Å². The first-order chi connectivity index (χ1) is 11.6. The van der Waals surface area contributed by atoms with Crippen molar-refractivity contribution in [2.24, 2.45) is 4.99 Å². The van der Waals surface area contributed by atoms with Gasteiger partial charge in [0.15, 0.2) is 5.96 Å². The van der Waals surface area contributed by atoms with Crippen LogP contribution < -0.4 is 15.4 Å². The third-order valence-electron chi connectivity index (χ3n) is 3.57. The van der Waals surface area contributed by atoms with Crippen molar-refractivity contribution in [2.45, 2.75) is 26.4 Å². The highest BCUT2D eigenvalue weighted by atomic mass is 16.5. The lowest BCUT2D eigenvalue weighted by Gasteiger charge is -2.20.